The fraction of sp³-hybridized carbons (Fsp3) is 0.227. The molecule has 0 radical (unpaired) electrons. The second-order valence-corrected chi connectivity index (χ2v) is 6.45. The van der Waals surface area contributed by atoms with Crippen LogP contribution in [-0.4, -0.2) is 43.1 Å². The standard InChI is InChI=1S/C22H19N3O5/c1-28-15-4-3-14(19(12-15)29-2)11-20-21(27)16-5-6-18(26)17(22(16)30-20)13-25(9-7-23)10-8-24/h3-6,11-12,26H,9-10,13H2,1-2H3/b20-11+. The zero-order chi connectivity index (χ0) is 21.7. The monoisotopic (exact) mass is 405 g/mol. The number of nitrogens with zero attached hydrogens (tertiary/aromatic N) is 3. The molecule has 1 N–H and O–H groups in total. The Hall–Kier alpha value is -4.01. The number of fused-ring (bicyclic) bond motifs is 1. The summed E-state index contributed by atoms with van der Waals surface area (Å²) < 4.78 is 16.4. The predicted octanol–water partition coefficient (Wildman–Crippen LogP) is 2.87. The molecule has 2 aromatic rings. The van der Waals surface area contributed by atoms with E-state index in [9.17, 15) is 9.90 Å². The van der Waals surface area contributed by atoms with Crippen molar-refractivity contribution < 1.29 is 24.1 Å². The molecule has 0 aliphatic carbocycles. The molecule has 0 saturated carbocycles. The first kappa shape index (κ1) is 20.7. The summed E-state index contributed by atoms with van der Waals surface area (Å²) in [5, 5.41) is 28.2. The van der Waals surface area contributed by atoms with Crippen LogP contribution in [0.1, 0.15) is 21.5 Å². The lowest BCUT2D eigenvalue weighted by Gasteiger charge is -2.17. The van der Waals surface area contributed by atoms with Gasteiger partial charge in [-0.15, -0.1) is 0 Å². The summed E-state index contributed by atoms with van der Waals surface area (Å²) in [7, 11) is 3.06. The van der Waals surface area contributed by atoms with Gasteiger partial charge in [-0.2, -0.15) is 10.5 Å². The molecule has 0 saturated heterocycles. The number of nitriles is 2. The molecule has 0 amide bonds. The molecular weight excluding hydrogens is 386 g/mol. The van der Waals surface area contributed by atoms with Crippen LogP contribution in [0.15, 0.2) is 36.1 Å². The molecule has 0 aromatic heterocycles. The predicted molar refractivity (Wildman–Crippen MR) is 107 cm³/mol. The van der Waals surface area contributed by atoms with Crippen LogP contribution in [0.3, 0.4) is 0 Å². The molecule has 30 heavy (non-hydrogen) atoms. The number of phenols is 1. The van der Waals surface area contributed by atoms with Gasteiger partial charge in [-0.3, -0.25) is 9.69 Å². The highest BCUT2D eigenvalue weighted by Gasteiger charge is 2.32. The van der Waals surface area contributed by atoms with Gasteiger partial charge in [0.05, 0.1) is 50.6 Å². The lowest BCUT2D eigenvalue weighted by molar-refractivity contribution is 0.101. The van der Waals surface area contributed by atoms with Gasteiger partial charge >= 0.3 is 0 Å². The normalized spacial score (nSPS) is 13.5. The number of Topliss-reactive ketones (excluding diaryl/α,β-unsaturated/α-hetero) is 1. The van der Waals surface area contributed by atoms with Gasteiger partial charge in [0.2, 0.25) is 5.78 Å². The number of carbonyl (C=O) groups excluding carboxylic acids is 1. The van der Waals surface area contributed by atoms with Gasteiger partial charge in [0.1, 0.15) is 23.0 Å². The van der Waals surface area contributed by atoms with E-state index in [0.717, 1.165) is 0 Å². The number of allylic oxidation sites excluding steroid dienone is 1. The first-order valence-corrected chi connectivity index (χ1v) is 8.99. The number of hydrogen-bond acceptors (Lipinski definition) is 8. The molecule has 2 aromatic carbocycles. The highest BCUT2D eigenvalue weighted by Crippen LogP contribution is 2.40. The summed E-state index contributed by atoms with van der Waals surface area (Å²) in [6.45, 7) is 0.0786. The Morgan fingerprint density at radius 3 is 2.50 bits per heavy atom. The molecule has 152 valence electrons. The fourth-order valence-corrected chi connectivity index (χ4v) is 3.12. The number of hydrogen-bond donors (Lipinski definition) is 1. The van der Waals surface area contributed by atoms with Gasteiger partial charge < -0.3 is 19.3 Å². The highest BCUT2D eigenvalue weighted by atomic mass is 16.5. The number of carbonyl (C=O) groups is 1. The average Bonchev–Trinajstić information content (AvgIpc) is 3.06. The number of phenolic OH excluding ortho intramolecular Hbond substituents is 1. The van der Waals surface area contributed by atoms with Crippen molar-refractivity contribution in [3.63, 3.8) is 0 Å². The molecule has 1 heterocycles. The Kier molecular flexibility index (Phi) is 6.21. The van der Waals surface area contributed by atoms with Crippen LogP contribution in [0.4, 0.5) is 0 Å². The zero-order valence-corrected chi connectivity index (χ0v) is 16.5. The topological polar surface area (TPSA) is 116 Å². The quantitative estimate of drug-likeness (QED) is 0.552. The summed E-state index contributed by atoms with van der Waals surface area (Å²) in [5.41, 5.74) is 1.27. The van der Waals surface area contributed by atoms with Crippen molar-refractivity contribution in [3.8, 4) is 35.1 Å². The van der Waals surface area contributed by atoms with E-state index < -0.39 is 0 Å². The van der Waals surface area contributed by atoms with E-state index in [0.29, 0.717) is 28.2 Å². The third-order valence-corrected chi connectivity index (χ3v) is 4.61. The van der Waals surface area contributed by atoms with Crippen LogP contribution in [-0.2, 0) is 6.54 Å². The molecule has 8 heteroatoms. The fourth-order valence-electron chi connectivity index (χ4n) is 3.12. The van der Waals surface area contributed by atoms with Gasteiger partial charge in [-0.05, 0) is 30.3 Å². The van der Waals surface area contributed by atoms with E-state index in [4.69, 9.17) is 24.7 Å². The van der Waals surface area contributed by atoms with Gasteiger partial charge in [0, 0.05) is 18.2 Å². The van der Waals surface area contributed by atoms with E-state index in [2.05, 4.69) is 0 Å². The van der Waals surface area contributed by atoms with E-state index in [1.165, 1.54) is 24.1 Å². The van der Waals surface area contributed by atoms with Crippen LogP contribution < -0.4 is 14.2 Å². The third-order valence-electron chi connectivity index (χ3n) is 4.61. The summed E-state index contributed by atoms with van der Waals surface area (Å²) in [6, 6.07) is 12.0. The maximum atomic E-state index is 12.9. The van der Waals surface area contributed by atoms with Gasteiger partial charge in [-0.1, -0.05) is 0 Å². The zero-order valence-electron chi connectivity index (χ0n) is 16.5. The van der Waals surface area contributed by atoms with Crippen LogP contribution in [0.25, 0.3) is 6.08 Å². The van der Waals surface area contributed by atoms with Crippen molar-refractivity contribution in [2.75, 3.05) is 27.3 Å². The molecule has 3 rings (SSSR count). The van der Waals surface area contributed by atoms with Crippen LogP contribution >= 0.6 is 0 Å². The second-order valence-electron chi connectivity index (χ2n) is 6.45. The SMILES string of the molecule is COc1ccc(/C=C2/Oc3c(ccc(O)c3CN(CC#N)CC#N)C2=O)c(OC)c1. The Bertz CT molecular complexity index is 1080. The smallest absolute Gasteiger partial charge is 0.231 e. The van der Waals surface area contributed by atoms with Crippen molar-refractivity contribution in [3.05, 3.63) is 52.8 Å². The van der Waals surface area contributed by atoms with Crippen molar-refractivity contribution in [2.24, 2.45) is 0 Å². The van der Waals surface area contributed by atoms with Gasteiger partial charge in [0.15, 0.2) is 5.76 Å². The summed E-state index contributed by atoms with van der Waals surface area (Å²) >= 11 is 0. The number of aromatic hydroxyl groups is 1. The molecule has 1 aliphatic rings. The van der Waals surface area contributed by atoms with E-state index in [1.54, 1.807) is 31.4 Å². The van der Waals surface area contributed by atoms with Crippen LogP contribution in [0.2, 0.25) is 0 Å². The average molecular weight is 405 g/mol. The number of rotatable bonds is 7. The molecule has 1 aliphatic heterocycles. The summed E-state index contributed by atoms with van der Waals surface area (Å²) in [5.74, 6) is 0.999. The molecule has 0 unspecified atom stereocenters. The number of benzene rings is 2. The van der Waals surface area contributed by atoms with Gasteiger partial charge in [-0.25, -0.2) is 0 Å². The summed E-state index contributed by atoms with van der Waals surface area (Å²) in [6.07, 6.45) is 1.56. The minimum absolute atomic E-state index is 0.00361. The minimum Gasteiger partial charge on any atom is -0.507 e. The number of ether oxygens (including phenoxy) is 3. The Labute approximate surface area is 173 Å². The van der Waals surface area contributed by atoms with E-state index in [-0.39, 0.29) is 42.7 Å². The molecule has 0 atom stereocenters. The Morgan fingerprint density at radius 2 is 1.87 bits per heavy atom. The van der Waals surface area contributed by atoms with Crippen molar-refractivity contribution in [1.29, 1.82) is 10.5 Å². The van der Waals surface area contributed by atoms with Crippen LogP contribution in [0, 0.1) is 22.7 Å². The van der Waals surface area contributed by atoms with Crippen molar-refractivity contribution in [1.82, 2.24) is 4.90 Å². The lowest BCUT2D eigenvalue weighted by Crippen LogP contribution is -2.24. The Balaban J connectivity index is 1.98. The van der Waals surface area contributed by atoms with Gasteiger partial charge in [0.25, 0.3) is 0 Å². The lowest BCUT2D eigenvalue weighted by atomic mass is 10.0. The molecule has 8 nitrogen and oxygen atoms in total. The molecule has 0 bridgehead atoms. The Morgan fingerprint density at radius 1 is 1.13 bits per heavy atom. The molecular formula is C22H19N3O5. The first-order chi connectivity index (χ1) is 14.5. The largest absolute Gasteiger partial charge is 0.507 e. The number of ketones is 1. The number of methoxy groups -OCH3 is 2. The van der Waals surface area contributed by atoms with Crippen LogP contribution in [0.5, 0.6) is 23.0 Å². The minimum atomic E-state index is -0.337. The maximum Gasteiger partial charge on any atom is 0.231 e. The molecule has 0 spiro atoms. The maximum absolute atomic E-state index is 12.9. The molecule has 0 fully saturated rings. The van der Waals surface area contributed by atoms with Crippen molar-refractivity contribution >= 4 is 11.9 Å². The van der Waals surface area contributed by atoms with E-state index in [1.807, 2.05) is 12.1 Å². The first-order valence-electron chi connectivity index (χ1n) is 8.99. The van der Waals surface area contributed by atoms with Crippen molar-refractivity contribution in [2.45, 2.75) is 6.54 Å². The van der Waals surface area contributed by atoms with E-state index >= 15 is 0 Å². The third kappa shape index (κ3) is 4.04. The summed E-state index contributed by atoms with van der Waals surface area (Å²) in [4.78, 5) is 14.4. The second kappa shape index (κ2) is 8.99. The highest BCUT2D eigenvalue weighted by molar-refractivity contribution is 6.15.